The van der Waals surface area contributed by atoms with Gasteiger partial charge in [-0.05, 0) is 36.4 Å². The van der Waals surface area contributed by atoms with Gasteiger partial charge in [-0.1, -0.05) is 18.2 Å². The Kier molecular flexibility index (Phi) is 6.83. The summed E-state index contributed by atoms with van der Waals surface area (Å²) in [6, 6.07) is 16.7. The molecule has 2 amide bonds. The number of carbonyl (C=O) groups excluding carboxylic acids is 2. The van der Waals surface area contributed by atoms with Crippen molar-refractivity contribution in [1.82, 2.24) is 9.80 Å². The molecule has 0 aliphatic carbocycles. The number of azo groups is 1. The fourth-order valence-electron chi connectivity index (χ4n) is 2.95. The molecule has 8 nitrogen and oxygen atoms in total. The minimum atomic E-state index is -0.321. The number of nitrogens with two attached hydrogens (primary N) is 1. The molecule has 3 N–H and O–H groups in total. The number of nitrogens with zero attached hydrogens (tertiary/aromatic N) is 4. The van der Waals surface area contributed by atoms with Gasteiger partial charge in [0.25, 0.3) is 0 Å². The Morgan fingerprint density at radius 1 is 0.821 bits per heavy atom. The third-order valence-corrected chi connectivity index (χ3v) is 4.40. The van der Waals surface area contributed by atoms with Crippen molar-refractivity contribution >= 4 is 28.9 Å². The molecule has 1 aliphatic heterocycles. The Balaban J connectivity index is 1.44. The molecule has 28 heavy (non-hydrogen) atoms. The van der Waals surface area contributed by atoms with Crippen molar-refractivity contribution in [1.29, 1.82) is 0 Å². The summed E-state index contributed by atoms with van der Waals surface area (Å²) in [5, 5.41) is 11.2. The highest BCUT2D eigenvalue weighted by molar-refractivity contribution is 5.92. The van der Waals surface area contributed by atoms with Gasteiger partial charge in [-0.25, -0.2) is 0 Å². The van der Waals surface area contributed by atoms with E-state index in [2.05, 4.69) is 20.4 Å². The highest BCUT2D eigenvalue weighted by Gasteiger charge is 2.19. The summed E-state index contributed by atoms with van der Waals surface area (Å²) >= 11 is 0. The zero-order chi connectivity index (χ0) is 19.8. The number of primary amides is 1. The smallest absolute Gasteiger partial charge is 0.238 e. The summed E-state index contributed by atoms with van der Waals surface area (Å²) < 4.78 is 0. The van der Waals surface area contributed by atoms with Crippen LogP contribution in [0.5, 0.6) is 0 Å². The molecule has 0 aromatic heterocycles. The van der Waals surface area contributed by atoms with Gasteiger partial charge < -0.3 is 11.1 Å². The van der Waals surface area contributed by atoms with E-state index < -0.39 is 0 Å². The van der Waals surface area contributed by atoms with Crippen LogP contribution in [0.2, 0.25) is 0 Å². The van der Waals surface area contributed by atoms with Crippen molar-refractivity contribution in [3.63, 3.8) is 0 Å². The maximum atomic E-state index is 12.3. The predicted molar refractivity (Wildman–Crippen MR) is 108 cm³/mol. The fourth-order valence-corrected chi connectivity index (χ4v) is 2.95. The minimum Gasteiger partial charge on any atom is -0.369 e. The van der Waals surface area contributed by atoms with Crippen LogP contribution >= 0.6 is 0 Å². The van der Waals surface area contributed by atoms with E-state index in [1.807, 2.05) is 59.5 Å². The van der Waals surface area contributed by atoms with Crippen LogP contribution in [0.15, 0.2) is 64.8 Å². The van der Waals surface area contributed by atoms with Gasteiger partial charge in [0, 0.05) is 31.9 Å². The fraction of sp³-hybridized carbons (Fsp3) is 0.300. The topological polar surface area (TPSA) is 103 Å². The average molecular weight is 380 g/mol. The largest absolute Gasteiger partial charge is 0.369 e. The minimum absolute atomic E-state index is 0.0676. The van der Waals surface area contributed by atoms with Gasteiger partial charge in [-0.2, -0.15) is 10.2 Å². The Hall–Kier alpha value is -3.10. The number of piperazine rings is 1. The van der Waals surface area contributed by atoms with Crippen molar-refractivity contribution in [2.75, 3.05) is 44.6 Å². The second-order valence-electron chi connectivity index (χ2n) is 6.65. The molecule has 1 heterocycles. The first-order valence-electron chi connectivity index (χ1n) is 9.18. The number of carbonyl (C=O) groups is 2. The normalized spacial score (nSPS) is 15.6. The monoisotopic (exact) mass is 380 g/mol. The van der Waals surface area contributed by atoms with Gasteiger partial charge in [-0.3, -0.25) is 19.4 Å². The molecule has 146 valence electrons. The SMILES string of the molecule is NC(=O)CN1CCN(CC(=O)Nc2ccc(N=Nc3ccccc3)cc2)CC1. The number of rotatable bonds is 7. The second-order valence-corrected chi connectivity index (χ2v) is 6.65. The molecule has 0 saturated carbocycles. The Labute approximate surface area is 164 Å². The molecule has 0 atom stereocenters. The number of anilines is 1. The lowest BCUT2D eigenvalue weighted by Gasteiger charge is -2.33. The molecule has 1 fully saturated rings. The predicted octanol–water partition coefficient (Wildman–Crippen LogP) is 2.14. The molecule has 0 bridgehead atoms. The van der Waals surface area contributed by atoms with Crippen molar-refractivity contribution in [2.45, 2.75) is 0 Å². The van der Waals surface area contributed by atoms with E-state index in [4.69, 9.17) is 5.73 Å². The summed E-state index contributed by atoms with van der Waals surface area (Å²) in [4.78, 5) is 27.3. The summed E-state index contributed by atoms with van der Waals surface area (Å²) in [5.74, 6) is -0.389. The number of hydrogen-bond acceptors (Lipinski definition) is 6. The zero-order valence-corrected chi connectivity index (χ0v) is 15.6. The summed E-state index contributed by atoms with van der Waals surface area (Å²) in [7, 11) is 0. The standard InChI is InChI=1S/C20H24N6O2/c21-19(27)14-25-10-12-26(13-11-25)15-20(28)22-16-6-8-18(9-7-16)24-23-17-4-2-1-3-5-17/h1-9H,10-15H2,(H2,21,27)(H,22,28). The van der Waals surface area contributed by atoms with Gasteiger partial charge in [-0.15, -0.1) is 0 Å². The van der Waals surface area contributed by atoms with Crippen molar-refractivity contribution in [2.24, 2.45) is 16.0 Å². The van der Waals surface area contributed by atoms with E-state index in [0.29, 0.717) is 12.2 Å². The van der Waals surface area contributed by atoms with Crippen molar-refractivity contribution in [3.05, 3.63) is 54.6 Å². The molecule has 1 saturated heterocycles. The van der Waals surface area contributed by atoms with Crippen molar-refractivity contribution < 1.29 is 9.59 Å². The Bertz CT molecular complexity index is 814. The first kappa shape index (κ1) is 19.7. The van der Waals surface area contributed by atoms with Crippen LogP contribution in [0.1, 0.15) is 0 Å². The highest BCUT2D eigenvalue weighted by atomic mass is 16.2. The van der Waals surface area contributed by atoms with Crippen molar-refractivity contribution in [3.8, 4) is 0 Å². The molecule has 0 radical (unpaired) electrons. The van der Waals surface area contributed by atoms with Crippen LogP contribution in [0.4, 0.5) is 17.1 Å². The van der Waals surface area contributed by atoms with E-state index in [-0.39, 0.29) is 18.4 Å². The lowest BCUT2D eigenvalue weighted by molar-refractivity contribution is -0.121. The highest BCUT2D eigenvalue weighted by Crippen LogP contribution is 2.20. The zero-order valence-electron chi connectivity index (χ0n) is 15.6. The molecule has 3 rings (SSSR count). The van der Waals surface area contributed by atoms with Crippen LogP contribution < -0.4 is 11.1 Å². The summed E-state index contributed by atoms with van der Waals surface area (Å²) in [6.45, 7) is 3.53. The van der Waals surface area contributed by atoms with Gasteiger partial charge in [0.05, 0.1) is 24.5 Å². The number of amides is 2. The summed E-state index contributed by atoms with van der Waals surface area (Å²) in [6.07, 6.45) is 0. The molecular formula is C20H24N6O2. The third kappa shape index (κ3) is 6.26. The Morgan fingerprint density at radius 2 is 1.36 bits per heavy atom. The van der Waals surface area contributed by atoms with Gasteiger partial charge in [0.1, 0.15) is 0 Å². The first-order valence-corrected chi connectivity index (χ1v) is 9.18. The van der Waals surface area contributed by atoms with Crippen LogP contribution in [-0.4, -0.2) is 60.9 Å². The maximum absolute atomic E-state index is 12.3. The lowest BCUT2D eigenvalue weighted by Crippen LogP contribution is -2.50. The molecule has 0 spiro atoms. The van der Waals surface area contributed by atoms with E-state index in [9.17, 15) is 9.59 Å². The molecule has 1 aliphatic rings. The number of hydrogen-bond donors (Lipinski definition) is 2. The van der Waals surface area contributed by atoms with Gasteiger partial charge in [0.2, 0.25) is 11.8 Å². The molecule has 8 heteroatoms. The third-order valence-electron chi connectivity index (χ3n) is 4.40. The van der Waals surface area contributed by atoms with Gasteiger partial charge >= 0.3 is 0 Å². The quantitative estimate of drug-likeness (QED) is 0.718. The lowest BCUT2D eigenvalue weighted by atomic mass is 10.2. The van der Waals surface area contributed by atoms with Gasteiger partial charge in [0.15, 0.2) is 0 Å². The first-order chi connectivity index (χ1) is 13.6. The van der Waals surface area contributed by atoms with E-state index >= 15 is 0 Å². The van der Waals surface area contributed by atoms with Crippen LogP contribution in [0.25, 0.3) is 0 Å². The molecule has 2 aromatic carbocycles. The molecule has 2 aromatic rings. The van der Waals surface area contributed by atoms with E-state index in [1.165, 1.54) is 0 Å². The van der Waals surface area contributed by atoms with E-state index in [1.54, 1.807) is 0 Å². The molecule has 0 unspecified atom stereocenters. The molecular weight excluding hydrogens is 356 g/mol. The number of nitrogens with one attached hydrogen (secondary N) is 1. The average Bonchev–Trinajstić information content (AvgIpc) is 2.69. The second kappa shape index (κ2) is 9.72. The van der Waals surface area contributed by atoms with E-state index in [0.717, 1.165) is 37.6 Å². The summed E-state index contributed by atoms with van der Waals surface area (Å²) in [5.41, 5.74) is 7.43. The van der Waals surface area contributed by atoms with Crippen LogP contribution in [0.3, 0.4) is 0 Å². The maximum Gasteiger partial charge on any atom is 0.238 e. The van der Waals surface area contributed by atoms with Crippen LogP contribution in [-0.2, 0) is 9.59 Å². The number of benzene rings is 2. The van der Waals surface area contributed by atoms with Crippen LogP contribution in [0, 0.1) is 0 Å². The Morgan fingerprint density at radius 3 is 1.93 bits per heavy atom.